The first kappa shape index (κ1) is 7.49. The van der Waals surface area contributed by atoms with Gasteiger partial charge in [0.25, 0.3) is 0 Å². The molecule has 5 heteroatoms. The topological polar surface area (TPSA) is 77.8 Å². The number of hydrogen-bond acceptors (Lipinski definition) is 5. The second kappa shape index (κ2) is 2.54. The molecule has 1 aliphatic rings. The van der Waals surface area contributed by atoms with Crippen LogP contribution in [0.4, 0.5) is 5.95 Å². The van der Waals surface area contributed by atoms with Crippen molar-refractivity contribution in [3.8, 4) is 11.3 Å². The van der Waals surface area contributed by atoms with Crippen LogP contribution in [0, 0.1) is 0 Å². The van der Waals surface area contributed by atoms with E-state index in [2.05, 4.69) is 15.2 Å². The highest BCUT2D eigenvalue weighted by Gasteiger charge is 2.21. The standard InChI is InChI=1S/C9H8N4O/c10-9-11-8-5-3-4-14-7(5)2-1-6(8)12-13-9/h3-4H,1-2H2,(H2,10,11,13). The number of rotatable bonds is 0. The molecule has 2 N–H and O–H groups in total. The molecule has 2 heterocycles. The van der Waals surface area contributed by atoms with Gasteiger partial charge >= 0.3 is 0 Å². The Kier molecular flexibility index (Phi) is 1.36. The predicted octanol–water partition coefficient (Wildman–Crippen LogP) is 0.812. The van der Waals surface area contributed by atoms with Crippen LogP contribution in [-0.4, -0.2) is 15.2 Å². The Balaban J connectivity index is 2.28. The van der Waals surface area contributed by atoms with Crippen molar-refractivity contribution < 1.29 is 4.42 Å². The Hall–Kier alpha value is -1.91. The number of fused-ring (bicyclic) bond motifs is 3. The largest absolute Gasteiger partial charge is 0.469 e. The lowest BCUT2D eigenvalue weighted by atomic mass is 9.99. The van der Waals surface area contributed by atoms with Gasteiger partial charge in [-0.25, -0.2) is 4.98 Å². The van der Waals surface area contributed by atoms with Crippen molar-refractivity contribution in [1.29, 1.82) is 0 Å². The molecule has 0 amide bonds. The maximum atomic E-state index is 5.49. The van der Waals surface area contributed by atoms with Crippen LogP contribution in [0.15, 0.2) is 16.7 Å². The fraction of sp³-hybridized carbons (Fsp3) is 0.222. The molecular formula is C9H8N4O. The van der Waals surface area contributed by atoms with Crippen molar-refractivity contribution >= 4 is 5.95 Å². The van der Waals surface area contributed by atoms with Crippen LogP contribution in [-0.2, 0) is 12.8 Å². The molecule has 0 saturated carbocycles. The normalized spacial score (nSPS) is 13.4. The molecule has 0 radical (unpaired) electrons. The van der Waals surface area contributed by atoms with Crippen LogP contribution in [0.3, 0.4) is 0 Å². The van der Waals surface area contributed by atoms with E-state index in [4.69, 9.17) is 10.2 Å². The van der Waals surface area contributed by atoms with Gasteiger partial charge in [0.2, 0.25) is 5.95 Å². The molecule has 2 aromatic rings. The monoisotopic (exact) mass is 188 g/mol. The van der Waals surface area contributed by atoms with E-state index in [9.17, 15) is 0 Å². The summed E-state index contributed by atoms with van der Waals surface area (Å²) < 4.78 is 5.32. The van der Waals surface area contributed by atoms with Crippen molar-refractivity contribution in [3.05, 3.63) is 23.8 Å². The number of nitrogen functional groups attached to an aromatic ring is 1. The average molecular weight is 188 g/mol. The highest BCUT2D eigenvalue weighted by Crippen LogP contribution is 2.31. The summed E-state index contributed by atoms with van der Waals surface area (Å²) in [5.74, 6) is 1.16. The zero-order valence-corrected chi connectivity index (χ0v) is 7.40. The Bertz CT molecular complexity index is 491. The number of aromatic nitrogens is 3. The minimum atomic E-state index is 0.206. The quantitative estimate of drug-likeness (QED) is 0.662. The van der Waals surface area contributed by atoms with Gasteiger partial charge < -0.3 is 10.2 Å². The zero-order valence-electron chi connectivity index (χ0n) is 7.40. The molecule has 0 bridgehead atoms. The van der Waals surface area contributed by atoms with E-state index in [1.807, 2.05) is 6.07 Å². The van der Waals surface area contributed by atoms with Crippen LogP contribution >= 0.6 is 0 Å². The molecule has 0 aliphatic heterocycles. The lowest BCUT2D eigenvalue weighted by Gasteiger charge is -2.11. The molecule has 0 atom stereocenters. The van der Waals surface area contributed by atoms with Crippen LogP contribution in [0.5, 0.6) is 0 Å². The SMILES string of the molecule is Nc1nnc2c(n1)-c1ccoc1CC2. The van der Waals surface area contributed by atoms with Gasteiger partial charge in [-0.2, -0.15) is 0 Å². The summed E-state index contributed by atoms with van der Waals surface area (Å²) in [4.78, 5) is 4.17. The number of anilines is 1. The molecule has 0 unspecified atom stereocenters. The van der Waals surface area contributed by atoms with Gasteiger partial charge in [-0.3, -0.25) is 0 Å². The summed E-state index contributed by atoms with van der Waals surface area (Å²) >= 11 is 0. The second-order valence-electron chi connectivity index (χ2n) is 3.22. The number of furan rings is 1. The van der Waals surface area contributed by atoms with Crippen LogP contribution in [0.2, 0.25) is 0 Å². The van der Waals surface area contributed by atoms with E-state index in [1.165, 1.54) is 0 Å². The molecule has 2 aromatic heterocycles. The molecule has 1 aliphatic carbocycles. The molecular weight excluding hydrogens is 180 g/mol. The first-order valence-electron chi connectivity index (χ1n) is 4.40. The fourth-order valence-corrected chi connectivity index (χ4v) is 1.72. The van der Waals surface area contributed by atoms with Gasteiger partial charge in [-0.15, -0.1) is 10.2 Å². The molecule has 0 fully saturated rings. The first-order chi connectivity index (χ1) is 6.84. The lowest BCUT2D eigenvalue weighted by Crippen LogP contribution is -2.10. The molecule has 5 nitrogen and oxygen atoms in total. The third kappa shape index (κ3) is 0.921. The third-order valence-electron chi connectivity index (χ3n) is 2.36. The molecule has 0 saturated heterocycles. The smallest absolute Gasteiger partial charge is 0.240 e. The van der Waals surface area contributed by atoms with Crippen LogP contribution in [0.1, 0.15) is 11.5 Å². The second-order valence-corrected chi connectivity index (χ2v) is 3.22. The Morgan fingerprint density at radius 3 is 3.14 bits per heavy atom. The van der Waals surface area contributed by atoms with Crippen molar-refractivity contribution in [1.82, 2.24) is 15.2 Å². The molecule has 0 aromatic carbocycles. The van der Waals surface area contributed by atoms with Gasteiger partial charge in [0.05, 0.1) is 12.0 Å². The van der Waals surface area contributed by atoms with E-state index < -0.39 is 0 Å². The average Bonchev–Trinajstić information content (AvgIpc) is 2.65. The fourth-order valence-electron chi connectivity index (χ4n) is 1.72. The summed E-state index contributed by atoms with van der Waals surface area (Å²) in [5.41, 5.74) is 8.19. The first-order valence-corrected chi connectivity index (χ1v) is 4.40. The minimum absolute atomic E-state index is 0.206. The molecule has 3 rings (SSSR count). The van der Waals surface area contributed by atoms with E-state index >= 15 is 0 Å². The Labute approximate surface area is 80.0 Å². The molecule has 14 heavy (non-hydrogen) atoms. The number of nitrogens with two attached hydrogens (primary N) is 1. The van der Waals surface area contributed by atoms with E-state index in [0.717, 1.165) is 35.6 Å². The number of hydrogen-bond donors (Lipinski definition) is 1. The van der Waals surface area contributed by atoms with Crippen molar-refractivity contribution in [2.45, 2.75) is 12.8 Å². The maximum absolute atomic E-state index is 5.49. The third-order valence-corrected chi connectivity index (χ3v) is 2.36. The van der Waals surface area contributed by atoms with E-state index in [-0.39, 0.29) is 5.95 Å². The highest BCUT2D eigenvalue weighted by molar-refractivity contribution is 5.66. The van der Waals surface area contributed by atoms with E-state index in [1.54, 1.807) is 6.26 Å². The van der Waals surface area contributed by atoms with Gasteiger partial charge in [0.1, 0.15) is 11.5 Å². The van der Waals surface area contributed by atoms with Gasteiger partial charge in [-0.1, -0.05) is 0 Å². The lowest BCUT2D eigenvalue weighted by molar-refractivity contribution is 0.505. The summed E-state index contributed by atoms with van der Waals surface area (Å²) in [6, 6.07) is 1.89. The molecule has 70 valence electrons. The van der Waals surface area contributed by atoms with Crippen molar-refractivity contribution in [2.75, 3.05) is 5.73 Å². The van der Waals surface area contributed by atoms with Crippen molar-refractivity contribution in [3.63, 3.8) is 0 Å². The zero-order chi connectivity index (χ0) is 9.54. The predicted molar refractivity (Wildman–Crippen MR) is 49.3 cm³/mol. The van der Waals surface area contributed by atoms with Gasteiger partial charge in [0.15, 0.2) is 0 Å². The number of aryl methyl sites for hydroxylation is 2. The summed E-state index contributed by atoms with van der Waals surface area (Å²) in [6.45, 7) is 0. The summed E-state index contributed by atoms with van der Waals surface area (Å²) in [5, 5.41) is 7.75. The van der Waals surface area contributed by atoms with Crippen LogP contribution in [0.25, 0.3) is 11.3 Å². The molecule has 0 spiro atoms. The Morgan fingerprint density at radius 1 is 1.29 bits per heavy atom. The summed E-state index contributed by atoms with van der Waals surface area (Å²) in [7, 11) is 0. The van der Waals surface area contributed by atoms with Crippen LogP contribution < -0.4 is 5.73 Å². The Morgan fingerprint density at radius 2 is 2.21 bits per heavy atom. The maximum Gasteiger partial charge on any atom is 0.240 e. The van der Waals surface area contributed by atoms with Crippen molar-refractivity contribution in [2.24, 2.45) is 0 Å². The number of nitrogens with zero attached hydrogens (tertiary/aromatic N) is 3. The highest BCUT2D eigenvalue weighted by atomic mass is 16.3. The van der Waals surface area contributed by atoms with E-state index in [0.29, 0.717) is 0 Å². The van der Waals surface area contributed by atoms with Gasteiger partial charge in [-0.05, 0) is 6.07 Å². The van der Waals surface area contributed by atoms with Gasteiger partial charge in [0, 0.05) is 18.4 Å². The summed E-state index contributed by atoms with van der Waals surface area (Å²) in [6.07, 6.45) is 3.34. The minimum Gasteiger partial charge on any atom is -0.469 e.